The van der Waals surface area contributed by atoms with Gasteiger partial charge in [-0.05, 0) is 36.2 Å². The molecule has 0 saturated heterocycles. The molecule has 2 aromatic rings. The predicted molar refractivity (Wildman–Crippen MR) is 92.0 cm³/mol. The normalized spacial score (nSPS) is 10.3. The van der Waals surface area contributed by atoms with E-state index in [0.717, 1.165) is 11.3 Å². The number of amides is 2. The molecular formula is C18H21N3O4. The molecule has 0 aliphatic carbocycles. The minimum atomic E-state index is -0.985. The maximum Gasteiger partial charge on any atom is 0.335 e. The summed E-state index contributed by atoms with van der Waals surface area (Å²) in [6.45, 7) is 1.06. The fourth-order valence-electron chi connectivity index (χ4n) is 2.26. The molecule has 132 valence electrons. The summed E-state index contributed by atoms with van der Waals surface area (Å²) in [5.74, 6) is -0.985. The zero-order valence-corrected chi connectivity index (χ0v) is 13.8. The van der Waals surface area contributed by atoms with Crippen LogP contribution in [0.4, 0.5) is 4.79 Å². The first kappa shape index (κ1) is 18.4. The summed E-state index contributed by atoms with van der Waals surface area (Å²) in [5, 5.41) is 20.7. The van der Waals surface area contributed by atoms with Crippen LogP contribution in [0.5, 0.6) is 0 Å². The summed E-state index contributed by atoms with van der Waals surface area (Å²) >= 11 is 0. The number of carboxylic acid groups (broad SMARTS) is 1. The minimum absolute atomic E-state index is 0.00263. The van der Waals surface area contributed by atoms with E-state index < -0.39 is 5.97 Å². The molecule has 1 heterocycles. The lowest BCUT2D eigenvalue weighted by Crippen LogP contribution is -2.40. The van der Waals surface area contributed by atoms with Crippen LogP contribution in [0.15, 0.2) is 48.7 Å². The number of aromatic nitrogens is 1. The molecule has 0 atom stereocenters. The Morgan fingerprint density at radius 3 is 2.48 bits per heavy atom. The van der Waals surface area contributed by atoms with Crippen molar-refractivity contribution in [2.45, 2.75) is 19.5 Å². The van der Waals surface area contributed by atoms with Gasteiger partial charge in [0.15, 0.2) is 0 Å². The average molecular weight is 343 g/mol. The summed E-state index contributed by atoms with van der Waals surface area (Å²) in [7, 11) is 0. The lowest BCUT2D eigenvalue weighted by molar-refractivity contribution is 0.0697. The number of aromatic carboxylic acids is 1. The molecule has 0 radical (unpaired) electrons. The van der Waals surface area contributed by atoms with Crippen molar-refractivity contribution in [3.8, 4) is 0 Å². The Labute approximate surface area is 145 Å². The van der Waals surface area contributed by atoms with E-state index >= 15 is 0 Å². The lowest BCUT2D eigenvalue weighted by Gasteiger charge is -2.22. The van der Waals surface area contributed by atoms with Gasteiger partial charge in [0.2, 0.25) is 0 Å². The number of nitrogens with zero attached hydrogens (tertiary/aromatic N) is 2. The predicted octanol–water partition coefficient (Wildman–Crippen LogP) is 1.87. The third-order valence-electron chi connectivity index (χ3n) is 3.60. The molecule has 2 rings (SSSR count). The topological polar surface area (TPSA) is 103 Å². The van der Waals surface area contributed by atoms with Crippen molar-refractivity contribution in [3.05, 3.63) is 65.5 Å². The molecule has 7 heteroatoms. The maximum absolute atomic E-state index is 12.4. The highest BCUT2D eigenvalue weighted by Crippen LogP contribution is 2.06. The van der Waals surface area contributed by atoms with Crippen LogP contribution in [0.3, 0.4) is 0 Å². The number of rotatable bonds is 8. The van der Waals surface area contributed by atoms with Gasteiger partial charge in [-0.15, -0.1) is 0 Å². The van der Waals surface area contributed by atoms with Crippen molar-refractivity contribution in [2.75, 3.05) is 13.2 Å². The highest BCUT2D eigenvalue weighted by Gasteiger charge is 2.14. The van der Waals surface area contributed by atoms with Crippen molar-refractivity contribution >= 4 is 12.0 Å². The molecule has 0 bridgehead atoms. The number of aliphatic hydroxyl groups excluding tert-OH is 1. The Balaban J connectivity index is 1.95. The second-order valence-corrected chi connectivity index (χ2v) is 5.48. The van der Waals surface area contributed by atoms with Crippen molar-refractivity contribution in [1.29, 1.82) is 0 Å². The maximum atomic E-state index is 12.4. The first-order chi connectivity index (χ1) is 12.1. The number of nitrogens with one attached hydrogen (secondary N) is 1. The fraction of sp³-hybridized carbons (Fsp3) is 0.278. The Morgan fingerprint density at radius 1 is 1.12 bits per heavy atom. The average Bonchev–Trinajstić information content (AvgIpc) is 2.64. The molecule has 1 aromatic carbocycles. The molecule has 0 aliphatic heterocycles. The van der Waals surface area contributed by atoms with Gasteiger partial charge in [-0.3, -0.25) is 4.98 Å². The van der Waals surface area contributed by atoms with E-state index in [1.807, 2.05) is 18.2 Å². The monoisotopic (exact) mass is 343 g/mol. The number of hydrogen-bond donors (Lipinski definition) is 3. The van der Waals surface area contributed by atoms with E-state index in [9.17, 15) is 9.59 Å². The molecule has 2 amide bonds. The van der Waals surface area contributed by atoms with Gasteiger partial charge in [0, 0.05) is 25.9 Å². The third kappa shape index (κ3) is 5.89. The van der Waals surface area contributed by atoms with Crippen LogP contribution in [-0.2, 0) is 13.1 Å². The number of benzene rings is 1. The molecule has 0 saturated carbocycles. The van der Waals surface area contributed by atoms with Gasteiger partial charge in [-0.25, -0.2) is 9.59 Å². The molecule has 0 unspecified atom stereocenters. The van der Waals surface area contributed by atoms with Crippen molar-refractivity contribution in [2.24, 2.45) is 0 Å². The standard InChI is InChI=1S/C18H21N3O4/c22-11-3-10-21(13-16-4-1-2-9-19-16)18(25)20-12-14-5-7-15(8-6-14)17(23)24/h1-2,4-9,22H,3,10-13H2,(H,20,25)(H,23,24). The number of carbonyl (C=O) groups is 2. The van der Waals surface area contributed by atoms with E-state index in [1.165, 1.54) is 12.1 Å². The second-order valence-electron chi connectivity index (χ2n) is 5.48. The number of urea groups is 1. The summed E-state index contributed by atoms with van der Waals surface area (Å²) in [5.41, 5.74) is 1.77. The van der Waals surface area contributed by atoms with Crippen LogP contribution in [0.2, 0.25) is 0 Å². The first-order valence-corrected chi connectivity index (χ1v) is 7.96. The van der Waals surface area contributed by atoms with E-state index in [0.29, 0.717) is 19.5 Å². The van der Waals surface area contributed by atoms with E-state index in [1.54, 1.807) is 23.2 Å². The molecule has 0 fully saturated rings. The molecular weight excluding hydrogens is 322 g/mol. The number of carbonyl (C=O) groups excluding carboxylic acids is 1. The molecule has 3 N–H and O–H groups in total. The van der Waals surface area contributed by atoms with E-state index in [2.05, 4.69) is 10.3 Å². The van der Waals surface area contributed by atoms with Gasteiger partial charge in [-0.1, -0.05) is 18.2 Å². The van der Waals surface area contributed by atoms with Crippen LogP contribution in [0, 0.1) is 0 Å². The summed E-state index contributed by atoms with van der Waals surface area (Å²) in [6.07, 6.45) is 2.15. The summed E-state index contributed by atoms with van der Waals surface area (Å²) < 4.78 is 0. The Hall–Kier alpha value is -2.93. The molecule has 0 spiro atoms. The van der Waals surface area contributed by atoms with Gasteiger partial charge in [-0.2, -0.15) is 0 Å². The van der Waals surface area contributed by atoms with Crippen LogP contribution in [0.25, 0.3) is 0 Å². The fourth-order valence-corrected chi connectivity index (χ4v) is 2.26. The van der Waals surface area contributed by atoms with Crippen LogP contribution in [-0.4, -0.2) is 45.2 Å². The number of hydrogen-bond acceptors (Lipinski definition) is 4. The number of pyridine rings is 1. The van der Waals surface area contributed by atoms with E-state index in [-0.39, 0.29) is 24.7 Å². The molecule has 0 aliphatic rings. The summed E-state index contributed by atoms with van der Waals surface area (Å²) in [6, 6.07) is 11.6. The quantitative estimate of drug-likeness (QED) is 0.679. The van der Waals surface area contributed by atoms with Crippen LogP contribution in [0.1, 0.15) is 28.0 Å². The van der Waals surface area contributed by atoms with E-state index in [4.69, 9.17) is 10.2 Å². The smallest absolute Gasteiger partial charge is 0.335 e. The highest BCUT2D eigenvalue weighted by molar-refractivity contribution is 5.87. The highest BCUT2D eigenvalue weighted by atomic mass is 16.4. The zero-order chi connectivity index (χ0) is 18.1. The summed E-state index contributed by atoms with van der Waals surface area (Å²) in [4.78, 5) is 29.1. The molecule has 25 heavy (non-hydrogen) atoms. The number of aliphatic hydroxyl groups is 1. The van der Waals surface area contributed by atoms with Crippen LogP contribution >= 0.6 is 0 Å². The Bertz CT molecular complexity index is 689. The third-order valence-corrected chi connectivity index (χ3v) is 3.60. The first-order valence-electron chi connectivity index (χ1n) is 7.96. The minimum Gasteiger partial charge on any atom is -0.478 e. The van der Waals surface area contributed by atoms with Crippen molar-refractivity contribution < 1.29 is 19.8 Å². The van der Waals surface area contributed by atoms with Gasteiger partial charge >= 0.3 is 12.0 Å². The van der Waals surface area contributed by atoms with Gasteiger partial charge in [0.25, 0.3) is 0 Å². The van der Waals surface area contributed by atoms with Gasteiger partial charge < -0.3 is 20.4 Å². The largest absolute Gasteiger partial charge is 0.478 e. The van der Waals surface area contributed by atoms with Crippen molar-refractivity contribution in [1.82, 2.24) is 15.2 Å². The van der Waals surface area contributed by atoms with Crippen molar-refractivity contribution in [3.63, 3.8) is 0 Å². The Morgan fingerprint density at radius 2 is 1.88 bits per heavy atom. The Kier molecular flexibility index (Phi) is 6.91. The van der Waals surface area contributed by atoms with Crippen LogP contribution < -0.4 is 5.32 Å². The SMILES string of the molecule is O=C(O)c1ccc(CNC(=O)N(CCCO)Cc2ccccn2)cc1. The lowest BCUT2D eigenvalue weighted by atomic mass is 10.1. The van der Waals surface area contributed by atoms with Gasteiger partial charge in [0.1, 0.15) is 0 Å². The number of carboxylic acids is 1. The molecule has 7 nitrogen and oxygen atoms in total. The second kappa shape index (κ2) is 9.39. The van der Waals surface area contributed by atoms with Gasteiger partial charge in [0.05, 0.1) is 17.8 Å². The molecule has 1 aromatic heterocycles. The zero-order valence-electron chi connectivity index (χ0n) is 13.8.